The summed E-state index contributed by atoms with van der Waals surface area (Å²) in [6, 6.07) is 10.3. The monoisotopic (exact) mass is 240 g/mol. The van der Waals surface area contributed by atoms with Gasteiger partial charge in [0, 0.05) is 11.5 Å². The fraction of sp³-hybridized carbons (Fsp3) is 0.556. The first-order chi connectivity index (χ1) is 8.55. The minimum atomic E-state index is 0.438. The summed E-state index contributed by atoms with van der Waals surface area (Å²) in [5.74, 6) is 8.26. The lowest BCUT2D eigenvalue weighted by Crippen LogP contribution is -2.26. The highest BCUT2D eigenvalue weighted by atomic mass is 14.3. The van der Waals surface area contributed by atoms with Crippen LogP contribution in [0.15, 0.2) is 30.3 Å². The van der Waals surface area contributed by atoms with Crippen molar-refractivity contribution in [3.63, 3.8) is 0 Å². The first-order valence-electron chi connectivity index (χ1n) is 7.12. The van der Waals surface area contributed by atoms with Crippen molar-refractivity contribution in [2.24, 2.45) is 17.3 Å². The van der Waals surface area contributed by atoms with Gasteiger partial charge in [0.15, 0.2) is 0 Å². The summed E-state index contributed by atoms with van der Waals surface area (Å²) in [5.41, 5.74) is 1.59. The average Bonchev–Trinajstić information content (AvgIpc) is 2.37. The molecule has 1 aliphatic carbocycles. The highest BCUT2D eigenvalue weighted by molar-refractivity contribution is 5.34. The molecule has 0 heteroatoms. The van der Waals surface area contributed by atoms with Crippen LogP contribution < -0.4 is 0 Å². The molecule has 1 saturated carbocycles. The van der Waals surface area contributed by atoms with E-state index >= 15 is 0 Å². The van der Waals surface area contributed by atoms with Crippen molar-refractivity contribution in [2.75, 3.05) is 0 Å². The first-order valence-corrected chi connectivity index (χ1v) is 7.12. The van der Waals surface area contributed by atoms with E-state index < -0.39 is 0 Å². The van der Waals surface area contributed by atoms with E-state index in [9.17, 15) is 0 Å². The van der Waals surface area contributed by atoms with Gasteiger partial charge in [-0.15, -0.1) is 0 Å². The summed E-state index contributed by atoms with van der Waals surface area (Å²) in [6.07, 6.45) is 5.29. The minimum Gasteiger partial charge on any atom is -0.0945 e. The van der Waals surface area contributed by atoms with Gasteiger partial charge in [0.2, 0.25) is 0 Å². The van der Waals surface area contributed by atoms with Gasteiger partial charge < -0.3 is 0 Å². The molecule has 0 aliphatic heterocycles. The lowest BCUT2D eigenvalue weighted by atomic mass is 9.69. The maximum Gasteiger partial charge on any atom is 0.0245 e. The van der Waals surface area contributed by atoms with Gasteiger partial charge in [0.25, 0.3) is 0 Å². The van der Waals surface area contributed by atoms with Crippen molar-refractivity contribution in [1.82, 2.24) is 0 Å². The van der Waals surface area contributed by atoms with Crippen molar-refractivity contribution >= 4 is 0 Å². The molecular formula is C18H24. The first kappa shape index (κ1) is 13.2. The molecule has 0 aromatic heterocycles. The molecule has 0 spiro atoms. The maximum atomic E-state index is 3.49. The molecule has 1 aromatic carbocycles. The molecule has 0 amide bonds. The number of benzene rings is 1. The Morgan fingerprint density at radius 3 is 2.44 bits per heavy atom. The van der Waals surface area contributed by atoms with E-state index in [1.165, 1.54) is 25.7 Å². The van der Waals surface area contributed by atoms with Crippen LogP contribution in [0.25, 0.3) is 0 Å². The summed E-state index contributed by atoms with van der Waals surface area (Å²) >= 11 is 0. The second kappa shape index (κ2) is 5.61. The standard InChI is InChI=1S/C18H24/c1-18(2,3)17-11-7-10-16(14-17)13-12-15-8-5-4-6-9-15/h4-6,8-9,16-17H,7,10-11,14H2,1-3H3/t16-,17-/m1/s1. The minimum absolute atomic E-state index is 0.438. The SMILES string of the molecule is CC(C)(C)[C@@H]1CCC[C@H](C#Cc2ccccc2)C1. The fourth-order valence-corrected chi connectivity index (χ4v) is 2.81. The van der Waals surface area contributed by atoms with E-state index in [4.69, 9.17) is 0 Å². The maximum absolute atomic E-state index is 3.49. The Balaban J connectivity index is 2.01. The molecule has 18 heavy (non-hydrogen) atoms. The molecule has 1 aliphatic rings. The fourth-order valence-electron chi connectivity index (χ4n) is 2.81. The zero-order valence-electron chi connectivity index (χ0n) is 11.9. The molecule has 0 unspecified atom stereocenters. The summed E-state index contributed by atoms with van der Waals surface area (Å²) in [4.78, 5) is 0. The summed E-state index contributed by atoms with van der Waals surface area (Å²) in [6.45, 7) is 7.10. The van der Waals surface area contributed by atoms with E-state index in [2.05, 4.69) is 56.9 Å². The van der Waals surface area contributed by atoms with Gasteiger partial charge in [-0.3, -0.25) is 0 Å². The predicted molar refractivity (Wildman–Crippen MR) is 78.2 cm³/mol. The van der Waals surface area contributed by atoms with Gasteiger partial charge in [-0.1, -0.05) is 57.2 Å². The molecular weight excluding hydrogens is 216 g/mol. The number of hydrogen-bond donors (Lipinski definition) is 0. The number of rotatable bonds is 0. The van der Waals surface area contributed by atoms with Crippen LogP contribution >= 0.6 is 0 Å². The van der Waals surface area contributed by atoms with Crippen LogP contribution in [0.3, 0.4) is 0 Å². The number of hydrogen-bond acceptors (Lipinski definition) is 0. The van der Waals surface area contributed by atoms with Crippen molar-refractivity contribution in [1.29, 1.82) is 0 Å². The molecule has 1 aromatic rings. The predicted octanol–water partition coefficient (Wildman–Crippen LogP) is 4.89. The summed E-state index contributed by atoms with van der Waals surface area (Å²) in [5, 5.41) is 0. The Labute approximate surface area is 112 Å². The average molecular weight is 240 g/mol. The lowest BCUT2D eigenvalue weighted by molar-refractivity contribution is 0.160. The molecule has 2 atom stereocenters. The topological polar surface area (TPSA) is 0 Å². The third-order valence-corrected chi connectivity index (χ3v) is 4.09. The van der Waals surface area contributed by atoms with Crippen molar-refractivity contribution < 1.29 is 0 Å². The van der Waals surface area contributed by atoms with E-state index in [1.54, 1.807) is 0 Å². The van der Waals surface area contributed by atoms with Gasteiger partial charge in [0.1, 0.15) is 0 Å². The smallest absolute Gasteiger partial charge is 0.0245 e. The van der Waals surface area contributed by atoms with E-state index in [0.29, 0.717) is 11.3 Å². The normalized spacial score (nSPS) is 24.2. The molecule has 0 heterocycles. The molecule has 1 fully saturated rings. The van der Waals surface area contributed by atoms with Crippen LogP contribution in [0, 0.1) is 29.1 Å². The Morgan fingerprint density at radius 2 is 1.78 bits per heavy atom. The third kappa shape index (κ3) is 3.64. The van der Waals surface area contributed by atoms with Crippen molar-refractivity contribution in [3.8, 4) is 11.8 Å². The highest BCUT2D eigenvalue weighted by Crippen LogP contribution is 2.39. The summed E-state index contributed by atoms with van der Waals surface area (Å²) < 4.78 is 0. The van der Waals surface area contributed by atoms with Crippen molar-refractivity contribution in [3.05, 3.63) is 35.9 Å². The lowest BCUT2D eigenvalue weighted by Gasteiger charge is -2.36. The van der Waals surface area contributed by atoms with E-state index in [-0.39, 0.29) is 0 Å². The molecule has 0 radical (unpaired) electrons. The van der Waals surface area contributed by atoms with E-state index in [0.717, 1.165) is 11.5 Å². The van der Waals surface area contributed by atoms with Crippen LogP contribution in [0.4, 0.5) is 0 Å². The second-order valence-electron chi connectivity index (χ2n) is 6.56. The Hall–Kier alpha value is -1.22. The quantitative estimate of drug-likeness (QED) is 0.566. The highest BCUT2D eigenvalue weighted by Gasteiger charge is 2.29. The molecule has 96 valence electrons. The van der Waals surface area contributed by atoms with Crippen LogP contribution in [0.5, 0.6) is 0 Å². The van der Waals surface area contributed by atoms with Crippen LogP contribution in [0.2, 0.25) is 0 Å². The van der Waals surface area contributed by atoms with Gasteiger partial charge in [0.05, 0.1) is 0 Å². The Morgan fingerprint density at radius 1 is 1.06 bits per heavy atom. The third-order valence-electron chi connectivity index (χ3n) is 4.09. The molecule has 0 nitrogen and oxygen atoms in total. The van der Waals surface area contributed by atoms with Gasteiger partial charge in [-0.05, 0) is 42.7 Å². The Bertz CT molecular complexity index is 425. The zero-order chi connectivity index (χ0) is 13.0. The van der Waals surface area contributed by atoms with Gasteiger partial charge >= 0.3 is 0 Å². The molecule has 0 bridgehead atoms. The van der Waals surface area contributed by atoms with Gasteiger partial charge in [-0.25, -0.2) is 0 Å². The van der Waals surface area contributed by atoms with Gasteiger partial charge in [-0.2, -0.15) is 0 Å². The second-order valence-corrected chi connectivity index (χ2v) is 6.56. The van der Waals surface area contributed by atoms with Crippen LogP contribution in [0.1, 0.15) is 52.0 Å². The summed E-state index contributed by atoms with van der Waals surface area (Å²) in [7, 11) is 0. The zero-order valence-corrected chi connectivity index (χ0v) is 11.9. The van der Waals surface area contributed by atoms with Crippen LogP contribution in [-0.4, -0.2) is 0 Å². The van der Waals surface area contributed by atoms with Crippen molar-refractivity contribution in [2.45, 2.75) is 46.5 Å². The Kier molecular flexibility index (Phi) is 4.12. The molecule has 0 saturated heterocycles. The molecule has 2 rings (SSSR count). The largest absolute Gasteiger partial charge is 0.0945 e. The molecule has 0 N–H and O–H groups in total. The van der Waals surface area contributed by atoms with Crippen LogP contribution in [-0.2, 0) is 0 Å². The van der Waals surface area contributed by atoms with E-state index in [1.807, 2.05) is 6.07 Å².